The number of hydrogen-bond acceptors (Lipinski definition) is 6. The molecule has 4 rings (SSSR count). The van der Waals surface area contributed by atoms with Gasteiger partial charge in [-0.25, -0.2) is 4.39 Å². The van der Waals surface area contributed by atoms with E-state index in [2.05, 4.69) is 5.32 Å². The maximum Gasteiger partial charge on any atom is 0.323 e. The second-order valence-corrected chi connectivity index (χ2v) is 9.21. The molecule has 2 aliphatic heterocycles. The molecule has 8 nitrogen and oxygen atoms in total. The minimum absolute atomic E-state index is 0.0276. The van der Waals surface area contributed by atoms with Crippen LogP contribution in [0, 0.1) is 5.82 Å². The van der Waals surface area contributed by atoms with Crippen LogP contribution < -0.4 is 10.1 Å². The van der Waals surface area contributed by atoms with Crippen LogP contribution in [0.2, 0.25) is 5.02 Å². The van der Waals surface area contributed by atoms with E-state index in [1.165, 1.54) is 25.3 Å². The number of nitrogens with zero attached hydrogens (tertiary/aromatic N) is 2. The largest absolute Gasteiger partial charge is 0.468 e. The average molecular weight is 504 g/mol. The van der Waals surface area contributed by atoms with Crippen LogP contribution in [0.1, 0.15) is 35.2 Å². The molecule has 2 heterocycles. The van der Waals surface area contributed by atoms with Crippen molar-refractivity contribution in [1.29, 1.82) is 0 Å². The summed E-state index contributed by atoms with van der Waals surface area (Å²) in [4.78, 5) is 40.7. The Labute approximate surface area is 207 Å². The van der Waals surface area contributed by atoms with Crippen molar-refractivity contribution in [3.63, 3.8) is 0 Å². The van der Waals surface area contributed by atoms with Crippen LogP contribution >= 0.6 is 11.6 Å². The number of benzene rings is 2. The van der Waals surface area contributed by atoms with Crippen molar-refractivity contribution in [3.05, 3.63) is 58.4 Å². The van der Waals surface area contributed by atoms with E-state index in [1.54, 1.807) is 30.1 Å². The number of carbonyl (C=O) groups excluding carboxylic acids is 3. The smallest absolute Gasteiger partial charge is 0.323 e. The van der Waals surface area contributed by atoms with Gasteiger partial charge in [0, 0.05) is 49.3 Å². The van der Waals surface area contributed by atoms with Gasteiger partial charge < -0.3 is 19.7 Å². The molecule has 0 aliphatic carbocycles. The number of methoxy groups -OCH3 is 1. The summed E-state index contributed by atoms with van der Waals surface area (Å²) < 4.78 is 24.8. The molecule has 10 heteroatoms. The fraction of sp³-hybridized carbons (Fsp3) is 0.400. The van der Waals surface area contributed by atoms with Crippen molar-refractivity contribution in [1.82, 2.24) is 15.1 Å². The lowest BCUT2D eigenvalue weighted by molar-refractivity contribution is -0.145. The Morgan fingerprint density at radius 1 is 1.23 bits per heavy atom. The molecule has 0 saturated carbocycles. The van der Waals surface area contributed by atoms with Crippen LogP contribution in [0.5, 0.6) is 11.5 Å². The SMILES string of the molecule is COC(=O)[C@@H]1C[C@H](NC(=O)c2ccc(CN3CCCC3=O)c(Oc3ccc(Cl)c(F)c3)c2)CN1C. The molecule has 0 bridgehead atoms. The van der Waals surface area contributed by atoms with E-state index >= 15 is 0 Å². The number of rotatable bonds is 7. The molecule has 1 N–H and O–H groups in total. The number of esters is 1. The zero-order valence-corrected chi connectivity index (χ0v) is 20.3. The minimum atomic E-state index is -0.625. The molecule has 2 saturated heterocycles. The van der Waals surface area contributed by atoms with Crippen molar-refractivity contribution in [2.45, 2.75) is 37.9 Å². The van der Waals surface area contributed by atoms with E-state index in [9.17, 15) is 18.8 Å². The maximum absolute atomic E-state index is 14.0. The minimum Gasteiger partial charge on any atom is -0.468 e. The molecule has 186 valence electrons. The predicted molar refractivity (Wildman–Crippen MR) is 127 cm³/mol. The highest BCUT2D eigenvalue weighted by Gasteiger charge is 2.36. The normalized spacial score (nSPS) is 20.2. The lowest BCUT2D eigenvalue weighted by Gasteiger charge is -2.19. The molecule has 0 aromatic heterocycles. The molecule has 35 heavy (non-hydrogen) atoms. The predicted octanol–water partition coefficient (Wildman–Crippen LogP) is 3.37. The summed E-state index contributed by atoms with van der Waals surface area (Å²) in [6.45, 7) is 1.47. The van der Waals surface area contributed by atoms with Crippen molar-refractivity contribution in [2.24, 2.45) is 0 Å². The van der Waals surface area contributed by atoms with Gasteiger partial charge in [0.05, 0.1) is 12.1 Å². The summed E-state index contributed by atoms with van der Waals surface area (Å²) in [7, 11) is 3.15. The second-order valence-electron chi connectivity index (χ2n) is 8.80. The average Bonchev–Trinajstić information content (AvgIpc) is 3.41. The molecule has 2 atom stereocenters. The van der Waals surface area contributed by atoms with Gasteiger partial charge in [-0.2, -0.15) is 0 Å². The van der Waals surface area contributed by atoms with Gasteiger partial charge >= 0.3 is 5.97 Å². The first-order valence-electron chi connectivity index (χ1n) is 11.4. The first kappa shape index (κ1) is 24.9. The van der Waals surface area contributed by atoms with Crippen molar-refractivity contribution in [2.75, 3.05) is 27.2 Å². The van der Waals surface area contributed by atoms with Gasteiger partial charge in [0.1, 0.15) is 23.4 Å². The van der Waals surface area contributed by atoms with Crippen molar-refractivity contribution in [3.8, 4) is 11.5 Å². The Morgan fingerprint density at radius 2 is 2.03 bits per heavy atom. The number of likely N-dealkylation sites (N-methyl/N-ethyl adjacent to an activating group) is 1. The van der Waals surface area contributed by atoms with E-state index in [1.807, 2.05) is 4.90 Å². The molecular weight excluding hydrogens is 477 g/mol. The topological polar surface area (TPSA) is 88.2 Å². The molecule has 0 unspecified atom stereocenters. The number of ether oxygens (including phenoxy) is 2. The number of amides is 2. The Hall–Kier alpha value is -3.17. The summed E-state index contributed by atoms with van der Waals surface area (Å²) in [5.74, 6) is -0.673. The molecule has 2 fully saturated rings. The van der Waals surface area contributed by atoms with E-state index in [0.717, 1.165) is 6.42 Å². The zero-order chi connectivity index (χ0) is 25.1. The summed E-state index contributed by atoms with van der Waals surface area (Å²) in [6.07, 6.45) is 1.74. The third kappa shape index (κ3) is 5.74. The van der Waals surface area contributed by atoms with Crippen molar-refractivity contribution < 1.29 is 28.2 Å². The summed E-state index contributed by atoms with van der Waals surface area (Å²) in [6, 6.07) is 8.43. The van der Waals surface area contributed by atoms with Crippen LogP contribution in [0.15, 0.2) is 36.4 Å². The third-order valence-electron chi connectivity index (χ3n) is 6.34. The van der Waals surface area contributed by atoms with Crippen molar-refractivity contribution >= 4 is 29.4 Å². The number of nitrogens with one attached hydrogen (secondary N) is 1. The molecule has 0 spiro atoms. The number of carbonyl (C=O) groups is 3. The van der Waals surface area contributed by atoms with Gasteiger partial charge in [-0.1, -0.05) is 17.7 Å². The van der Waals surface area contributed by atoms with E-state index in [0.29, 0.717) is 49.4 Å². The van der Waals surface area contributed by atoms with Gasteiger partial charge in [-0.3, -0.25) is 19.3 Å². The van der Waals surface area contributed by atoms with Crippen LogP contribution in [0.4, 0.5) is 4.39 Å². The van der Waals surface area contributed by atoms with Gasteiger partial charge in [0.2, 0.25) is 5.91 Å². The molecule has 2 aromatic carbocycles. The first-order chi connectivity index (χ1) is 16.7. The number of likely N-dealkylation sites (tertiary alicyclic amines) is 2. The molecule has 2 amide bonds. The Balaban J connectivity index is 1.55. The summed E-state index contributed by atoms with van der Waals surface area (Å²) >= 11 is 5.78. The van der Waals surface area contributed by atoms with Gasteiger partial charge in [-0.05, 0) is 44.2 Å². The molecule has 2 aliphatic rings. The molecule has 0 radical (unpaired) electrons. The van der Waals surface area contributed by atoms with Crippen LogP contribution in [-0.4, -0.2) is 66.9 Å². The maximum atomic E-state index is 14.0. The highest BCUT2D eigenvalue weighted by atomic mass is 35.5. The first-order valence-corrected chi connectivity index (χ1v) is 11.8. The highest BCUT2D eigenvalue weighted by Crippen LogP contribution is 2.31. The zero-order valence-electron chi connectivity index (χ0n) is 19.6. The summed E-state index contributed by atoms with van der Waals surface area (Å²) in [5, 5.41) is 2.93. The van der Waals surface area contributed by atoms with Crippen LogP contribution in [0.25, 0.3) is 0 Å². The number of halogens is 2. The monoisotopic (exact) mass is 503 g/mol. The van der Waals surface area contributed by atoms with E-state index < -0.39 is 11.9 Å². The highest BCUT2D eigenvalue weighted by molar-refractivity contribution is 6.30. The van der Waals surface area contributed by atoms with E-state index in [-0.39, 0.29) is 34.6 Å². The van der Waals surface area contributed by atoms with E-state index in [4.69, 9.17) is 21.1 Å². The third-order valence-corrected chi connectivity index (χ3v) is 6.64. The molecule has 2 aromatic rings. The fourth-order valence-electron chi connectivity index (χ4n) is 4.45. The van der Waals surface area contributed by atoms with Gasteiger partial charge in [-0.15, -0.1) is 0 Å². The molecular formula is C25H27ClFN3O5. The Bertz CT molecular complexity index is 1140. The van der Waals surface area contributed by atoms with Crippen LogP contribution in [-0.2, 0) is 20.9 Å². The summed E-state index contributed by atoms with van der Waals surface area (Å²) in [5.41, 5.74) is 1.04. The second kappa shape index (κ2) is 10.6. The van der Waals surface area contributed by atoms with Gasteiger partial charge in [0.15, 0.2) is 0 Å². The lowest BCUT2D eigenvalue weighted by atomic mass is 10.1. The Morgan fingerprint density at radius 3 is 2.71 bits per heavy atom. The number of hydrogen-bond donors (Lipinski definition) is 1. The Kier molecular flexibility index (Phi) is 7.57. The quantitative estimate of drug-likeness (QED) is 0.583. The van der Waals surface area contributed by atoms with Gasteiger partial charge in [0.25, 0.3) is 5.91 Å². The lowest BCUT2D eigenvalue weighted by Crippen LogP contribution is -2.36. The van der Waals surface area contributed by atoms with Crippen LogP contribution in [0.3, 0.4) is 0 Å². The fourth-order valence-corrected chi connectivity index (χ4v) is 4.57. The standard InChI is InChI=1S/C25H27ClFN3O5/c1-29-14-17(11-21(29)25(33)34-2)28-24(32)15-5-6-16(13-30-9-3-4-23(30)31)22(10-15)35-18-7-8-19(26)20(27)12-18/h5-8,10,12,17,21H,3-4,9,11,13-14H2,1-2H3,(H,28,32)/t17-,21-/m0/s1.